The average molecular weight is 213 g/mol. The highest BCUT2D eigenvalue weighted by molar-refractivity contribution is 6.33. The zero-order valence-corrected chi connectivity index (χ0v) is 8.12. The molecule has 1 aromatic rings. The highest BCUT2D eigenvalue weighted by atomic mass is 35.5. The third kappa shape index (κ3) is 2.40. The highest BCUT2D eigenvalue weighted by Crippen LogP contribution is 2.25. The fourth-order valence-electron chi connectivity index (χ4n) is 0.898. The van der Waals surface area contributed by atoms with Crippen LogP contribution in [0, 0.1) is 0 Å². The quantitative estimate of drug-likeness (QED) is 0.602. The molecule has 0 aliphatic carbocycles. The van der Waals surface area contributed by atoms with Gasteiger partial charge in [-0.1, -0.05) is 11.6 Å². The molecule has 6 heteroatoms. The van der Waals surface area contributed by atoms with Gasteiger partial charge in [0.2, 0.25) is 0 Å². The SMILES string of the molecule is COC(=O)c1ccc(O[B]O)c(Cl)c1. The third-order valence-electron chi connectivity index (χ3n) is 1.53. The first-order valence-corrected chi connectivity index (χ1v) is 4.07. The van der Waals surface area contributed by atoms with Gasteiger partial charge in [-0.25, -0.2) is 4.79 Å². The molecule has 1 radical (unpaired) electrons. The predicted octanol–water partition coefficient (Wildman–Crippen LogP) is 1.03. The van der Waals surface area contributed by atoms with E-state index in [2.05, 4.69) is 9.39 Å². The predicted molar refractivity (Wildman–Crippen MR) is 51.4 cm³/mol. The molecule has 0 fully saturated rings. The van der Waals surface area contributed by atoms with Crippen LogP contribution in [0.3, 0.4) is 0 Å². The van der Waals surface area contributed by atoms with Gasteiger partial charge in [-0.15, -0.1) is 0 Å². The van der Waals surface area contributed by atoms with Crippen LogP contribution >= 0.6 is 11.6 Å². The monoisotopic (exact) mass is 213 g/mol. The molecule has 0 saturated carbocycles. The largest absolute Gasteiger partial charge is 0.569 e. The van der Waals surface area contributed by atoms with Crippen LogP contribution in [0.4, 0.5) is 0 Å². The molecule has 0 atom stereocenters. The van der Waals surface area contributed by atoms with E-state index in [1.807, 2.05) is 0 Å². The van der Waals surface area contributed by atoms with Crippen molar-refractivity contribution >= 4 is 25.3 Å². The maximum atomic E-state index is 11.1. The molecule has 73 valence electrons. The van der Waals surface area contributed by atoms with Crippen molar-refractivity contribution in [3.8, 4) is 5.75 Å². The summed E-state index contributed by atoms with van der Waals surface area (Å²) in [6.07, 6.45) is 0. The lowest BCUT2D eigenvalue weighted by Crippen LogP contribution is -2.03. The number of hydrogen-bond donors (Lipinski definition) is 1. The lowest BCUT2D eigenvalue weighted by atomic mass is 10.2. The van der Waals surface area contributed by atoms with Crippen LogP contribution in [0.1, 0.15) is 10.4 Å². The molecule has 0 bridgehead atoms. The van der Waals surface area contributed by atoms with Crippen LogP contribution < -0.4 is 4.65 Å². The van der Waals surface area contributed by atoms with Crippen LogP contribution in [0.5, 0.6) is 5.75 Å². The standard InChI is InChI=1S/C8H7BClO4/c1-13-8(11)5-2-3-7(14-9-12)6(10)4-5/h2-4,12H,1H3. The molecule has 0 aromatic heterocycles. The average Bonchev–Trinajstić information content (AvgIpc) is 2.20. The van der Waals surface area contributed by atoms with Crippen molar-refractivity contribution in [1.82, 2.24) is 0 Å². The van der Waals surface area contributed by atoms with Crippen LogP contribution in [0.25, 0.3) is 0 Å². The molecule has 0 aliphatic heterocycles. The molecule has 0 aliphatic rings. The van der Waals surface area contributed by atoms with E-state index in [4.69, 9.17) is 16.6 Å². The number of hydrogen-bond acceptors (Lipinski definition) is 4. The fraction of sp³-hybridized carbons (Fsp3) is 0.125. The topological polar surface area (TPSA) is 55.8 Å². The van der Waals surface area contributed by atoms with E-state index in [0.717, 1.165) is 0 Å². The first-order valence-electron chi connectivity index (χ1n) is 3.69. The maximum absolute atomic E-state index is 11.1. The van der Waals surface area contributed by atoms with Gasteiger partial charge in [-0.2, -0.15) is 0 Å². The Morgan fingerprint density at radius 1 is 1.57 bits per heavy atom. The Labute approximate surface area is 86.7 Å². The number of ether oxygens (including phenoxy) is 1. The molecule has 1 N–H and O–H groups in total. The second-order valence-electron chi connectivity index (χ2n) is 2.36. The summed E-state index contributed by atoms with van der Waals surface area (Å²) < 4.78 is 9.15. The van der Waals surface area contributed by atoms with Crippen molar-refractivity contribution in [3.05, 3.63) is 28.8 Å². The fourth-order valence-corrected chi connectivity index (χ4v) is 1.12. The Hall–Kier alpha value is -1.20. The summed E-state index contributed by atoms with van der Waals surface area (Å²) in [5.74, 6) is -0.215. The Kier molecular flexibility index (Phi) is 3.79. The van der Waals surface area contributed by atoms with Gasteiger partial charge in [0.25, 0.3) is 0 Å². The lowest BCUT2D eigenvalue weighted by molar-refractivity contribution is 0.0601. The van der Waals surface area contributed by atoms with Crippen LogP contribution in [-0.4, -0.2) is 25.8 Å². The molecule has 0 heterocycles. The first kappa shape index (κ1) is 10.9. The van der Waals surface area contributed by atoms with Crippen molar-refractivity contribution in [1.29, 1.82) is 0 Å². The van der Waals surface area contributed by atoms with Gasteiger partial charge in [0.05, 0.1) is 17.7 Å². The summed E-state index contributed by atoms with van der Waals surface area (Å²) >= 11 is 5.75. The Bertz CT molecular complexity index is 342. The molecule has 0 spiro atoms. The molecule has 1 aromatic carbocycles. The summed E-state index contributed by atoms with van der Waals surface area (Å²) in [6, 6.07) is 4.34. The van der Waals surface area contributed by atoms with Crippen molar-refractivity contribution < 1.29 is 19.2 Å². The zero-order chi connectivity index (χ0) is 10.6. The molecule has 14 heavy (non-hydrogen) atoms. The Morgan fingerprint density at radius 3 is 2.79 bits per heavy atom. The normalized spacial score (nSPS) is 9.36. The minimum absolute atomic E-state index is 0.221. The Morgan fingerprint density at radius 2 is 2.29 bits per heavy atom. The number of benzene rings is 1. The van der Waals surface area contributed by atoms with E-state index in [9.17, 15) is 4.79 Å². The second-order valence-corrected chi connectivity index (χ2v) is 2.77. The van der Waals surface area contributed by atoms with E-state index < -0.39 is 5.97 Å². The highest BCUT2D eigenvalue weighted by Gasteiger charge is 2.09. The van der Waals surface area contributed by atoms with Crippen LogP contribution in [0.2, 0.25) is 5.02 Å². The van der Waals surface area contributed by atoms with E-state index in [1.165, 1.54) is 25.3 Å². The minimum Gasteiger partial charge on any atom is -0.536 e. The van der Waals surface area contributed by atoms with E-state index in [-0.39, 0.29) is 10.8 Å². The maximum Gasteiger partial charge on any atom is 0.569 e. The molecule has 0 saturated heterocycles. The van der Waals surface area contributed by atoms with Gasteiger partial charge in [0, 0.05) is 0 Å². The smallest absolute Gasteiger partial charge is 0.536 e. The van der Waals surface area contributed by atoms with E-state index in [1.54, 1.807) is 0 Å². The summed E-state index contributed by atoms with van der Waals surface area (Å²) in [5.41, 5.74) is 0.322. The number of rotatable bonds is 3. The van der Waals surface area contributed by atoms with Gasteiger partial charge in [0.1, 0.15) is 5.75 Å². The van der Waals surface area contributed by atoms with Crippen LogP contribution in [0.15, 0.2) is 18.2 Å². The number of carbonyl (C=O) groups excluding carboxylic acids is 1. The van der Waals surface area contributed by atoms with E-state index >= 15 is 0 Å². The minimum atomic E-state index is -0.480. The van der Waals surface area contributed by atoms with Crippen molar-refractivity contribution in [2.75, 3.05) is 7.11 Å². The summed E-state index contributed by atoms with van der Waals surface area (Å²) in [7, 11) is 1.79. The third-order valence-corrected chi connectivity index (χ3v) is 1.83. The van der Waals surface area contributed by atoms with Crippen molar-refractivity contribution in [2.24, 2.45) is 0 Å². The summed E-state index contributed by atoms with van der Waals surface area (Å²) in [4.78, 5) is 11.1. The van der Waals surface area contributed by atoms with Crippen LogP contribution in [-0.2, 0) is 4.74 Å². The number of esters is 1. The zero-order valence-electron chi connectivity index (χ0n) is 7.36. The molecule has 4 nitrogen and oxygen atoms in total. The van der Waals surface area contributed by atoms with E-state index in [0.29, 0.717) is 13.2 Å². The number of methoxy groups -OCH3 is 1. The molecule has 1 rings (SSSR count). The molecular weight excluding hydrogens is 206 g/mol. The van der Waals surface area contributed by atoms with Gasteiger partial charge in [0.15, 0.2) is 0 Å². The lowest BCUT2D eigenvalue weighted by Gasteiger charge is -2.05. The van der Waals surface area contributed by atoms with Gasteiger partial charge >= 0.3 is 13.7 Å². The molecular formula is C8H7BClO4. The number of carbonyl (C=O) groups is 1. The first-order chi connectivity index (χ1) is 6.69. The van der Waals surface area contributed by atoms with Gasteiger partial charge in [-0.3, -0.25) is 0 Å². The Balaban J connectivity index is 2.94. The van der Waals surface area contributed by atoms with Gasteiger partial charge in [-0.05, 0) is 18.2 Å². The van der Waals surface area contributed by atoms with Gasteiger partial charge < -0.3 is 14.4 Å². The summed E-state index contributed by atoms with van der Waals surface area (Å²) in [5, 5.41) is 8.59. The summed E-state index contributed by atoms with van der Waals surface area (Å²) in [6.45, 7) is 0. The van der Waals surface area contributed by atoms with Crippen molar-refractivity contribution in [3.63, 3.8) is 0 Å². The van der Waals surface area contributed by atoms with Crippen molar-refractivity contribution in [2.45, 2.75) is 0 Å². The number of halogens is 1. The molecule has 0 unspecified atom stereocenters. The second kappa shape index (κ2) is 4.88. The molecule has 0 amide bonds.